The molecule has 116 valence electrons. The lowest BCUT2D eigenvalue weighted by molar-refractivity contribution is 0.0951. The molecule has 23 heavy (non-hydrogen) atoms. The second kappa shape index (κ2) is 6.55. The third-order valence-electron chi connectivity index (χ3n) is 3.19. The third-order valence-corrected chi connectivity index (χ3v) is 4.40. The summed E-state index contributed by atoms with van der Waals surface area (Å²) in [5, 5.41) is 14.5. The SMILES string of the molecule is O=C(NN=Cc1cc(Br)c(O)c(Br)c1)c1cc2ccccc2[nH]1. The first-order valence-electron chi connectivity index (χ1n) is 6.64. The predicted octanol–water partition coefficient (Wildman–Crippen LogP) is 4.16. The summed E-state index contributed by atoms with van der Waals surface area (Å²) >= 11 is 6.48. The van der Waals surface area contributed by atoms with E-state index in [0.29, 0.717) is 14.6 Å². The van der Waals surface area contributed by atoms with Gasteiger partial charge in [-0.05, 0) is 61.7 Å². The van der Waals surface area contributed by atoms with Crippen molar-refractivity contribution in [2.45, 2.75) is 0 Å². The summed E-state index contributed by atoms with van der Waals surface area (Å²) in [6.07, 6.45) is 1.50. The minimum atomic E-state index is -0.325. The molecule has 1 aromatic heterocycles. The summed E-state index contributed by atoms with van der Waals surface area (Å²) < 4.78 is 1.07. The number of aromatic amines is 1. The first kappa shape index (κ1) is 15.8. The average Bonchev–Trinajstić information content (AvgIpc) is 2.96. The number of carbonyl (C=O) groups is 1. The molecular weight excluding hydrogens is 426 g/mol. The molecule has 3 aromatic rings. The summed E-state index contributed by atoms with van der Waals surface area (Å²) in [6.45, 7) is 0. The molecule has 0 atom stereocenters. The van der Waals surface area contributed by atoms with E-state index in [2.05, 4.69) is 47.4 Å². The van der Waals surface area contributed by atoms with Gasteiger partial charge in [-0.2, -0.15) is 5.10 Å². The number of hydrogen-bond acceptors (Lipinski definition) is 3. The number of nitrogens with zero attached hydrogens (tertiary/aromatic N) is 1. The molecule has 7 heteroatoms. The average molecular weight is 437 g/mol. The highest BCUT2D eigenvalue weighted by molar-refractivity contribution is 9.11. The lowest BCUT2D eigenvalue weighted by atomic mass is 10.2. The van der Waals surface area contributed by atoms with Crippen LogP contribution in [0, 0.1) is 0 Å². The van der Waals surface area contributed by atoms with Crippen LogP contribution in [0.5, 0.6) is 5.75 Å². The molecule has 3 N–H and O–H groups in total. The van der Waals surface area contributed by atoms with E-state index in [0.717, 1.165) is 16.5 Å². The van der Waals surface area contributed by atoms with Crippen molar-refractivity contribution < 1.29 is 9.90 Å². The van der Waals surface area contributed by atoms with Crippen LogP contribution < -0.4 is 5.43 Å². The number of amides is 1. The second-order valence-electron chi connectivity index (χ2n) is 4.80. The second-order valence-corrected chi connectivity index (χ2v) is 6.51. The van der Waals surface area contributed by atoms with E-state index in [-0.39, 0.29) is 11.7 Å². The number of phenols is 1. The lowest BCUT2D eigenvalue weighted by Crippen LogP contribution is -2.17. The van der Waals surface area contributed by atoms with Crippen LogP contribution in [0.25, 0.3) is 10.9 Å². The van der Waals surface area contributed by atoms with Crippen LogP contribution in [0.1, 0.15) is 16.1 Å². The van der Waals surface area contributed by atoms with E-state index < -0.39 is 0 Å². The fourth-order valence-electron chi connectivity index (χ4n) is 2.08. The van der Waals surface area contributed by atoms with Crippen LogP contribution in [0.3, 0.4) is 0 Å². The van der Waals surface area contributed by atoms with E-state index in [1.54, 1.807) is 18.2 Å². The Kier molecular flexibility index (Phi) is 4.49. The molecule has 2 aromatic carbocycles. The van der Waals surface area contributed by atoms with Gasteiger partial charge in [0.05, 0.1) is 15.2 Å². The zero-order chi connectivity index (χ0) is 16.4. The Bertz CT molecular complexity index is 863. The molecule has 0 fully saturated rings. The smallest absolute Gasteiger partial charge is 0.287 e. The van der Waals surface area contributed by atoms with E-state index in [9.17, 15) is 9.90 Å². The number of benzene rings is 2. The number of H-pyrrole nitrogens is 1. The van der Waals surface area contributed by atoms with Gasteiger partial charge >= 0.3 is 0 Å². The van der Waals surface area contributed by atoms with E-state index in [4.69, 9.17) is 0 Å². The zero-order valence-corrected chi connectivity index (χ0v) is 14.8. The number of hydrogen-bond donors (Lipinski definition) is 3. The molecule has 1 amide bonds. The largest absolute Gasteiger partial charge is 0.506 e. The summed E-state index contributed by atoms with van der Waals surface area (Å²) in [7, 11) is 0. The Morgan fingerprint density at radius 3 is 2.57 bits per heavy atom. The number of aromatic nitrogens is 1. The van der Waals surface area contributed by atoms with Crippen molar-refractivity contribution in [3.8, 4) is 5.75 Å². The highest BCUT2D eigenvalue weighted by atomic mass is 79.9. The van der Waals surface area contributed by atoms with E-state index in [1.165, 1.54) is 6.21 Å². The van der Waals surface area contributed by atoms with Crippen molar-refractivity contribution in [2.24, 2.45) is 5.10 Å². The lowest BCUT2D eigenvalue weighted by Gasteiger charge is -2.02. The van der Waals surface area contributed by atoms with Gasteiger partial charge in [-0.1, -0.05) is 18.2 Å². The number of carbonyl (C=O) groups excluding carboxylic acids is 1. The Morgan fingerprint density at radius 2 is 1.87 bits per heavy atom. The molecule has 0 saturated carbocycles. The van der Waals surface area contributed by atoms with Crippen LogP contribution >= 0.6 is 31.9 Å². The Balaban J connectivity index is 1.73. The number of aromatic hydroxyl groups is 1. The van der Waals surface area contributed by atoms with E-state index in [1.807, 2.05) is 24.3 Å². The summed E-state index contributed by atoms with van der Waals surface area (Å²) in [4.78, 5) is 15.1. The molecule has 5 nitrogen and oxygen atoms in total. The van der Waals surface area contributed by atoms with Crippen molar-refractivity contribution >= 4 is 54.9 Å². The van der Waals surface area contributed by atoms with Crippen LogP contribution in [-0.2, 0) is 0 Å². The maximum atomic E-state index is 12.1. The zero-order valence-electron chi connectivity index (χ0n) is 11.7. The molecular formula is C16H11Br2N3O2. The van der Waals surface area contributed by atoms with Gasteiger partial charge in [0.25, 0.3) is 5.91 Å². The standard InChI is InChI=1S/C16H11Br2N3O2/c17-11-5-9(6-12(18)15(11)22)8-19-21-16(23)14-7-10-3-1-2-4-13(10)20-14/h1-8,20,22H,(H,21,23). The molecule has 0 aliphatic carbocycles. The van der Waals surface area contributed by atoms with E-state index >= 15 is 0 Å². The van der Waals surface area contributed by atoms with Gasteiger partial charge in [0.1, 0.15) is 11.4 Å². The predicted molar refractivity (Wildman–Crippen MR) is 96.9 cm³/mol. The molecule has 0 aliphatic rings. The summed E-state index contributed by atoms with van der Waals surface area (Å²) in [5.74, 6) is -0.210. The van der Waals surface area contributed by atoms with Crippen LogP contribution in [0.4, 0.5) is 0 Å². The topological polar surface area (TPSA) is 77.5 Å². The molecule has 0 bridgehead atoms. The number of fused-ring (bicyclic) bond motifs is 1. The molecule has 0 unspecified atom stereocenters. The van der Waals surface area contributed by atoms with Gasteiger partial charge in [0.2, 0.25) is 0 Å². The molecule has 0 saturated heterocycles. The number of para-hydroxylation sites is 1. The fraction of sp³-hybridized carbons (Fsp3) is 0. The fourth-order valence-corrected chi connectivity index (χ4v) is 3.30. The van der Waals surface area contributed by atoms with Crippen molar-refractivity contribution in [2.75, 3.05) is 0 Å². The quantitative estimate of drug-likeness (QED) is 0.425. The minimum Gasteiger partial charge on any atom is -0.506 e. The molecule has 1 heterocycles. The Labute approximate surface area is 148 Å². The molecule has 0 aliphatic heterocycles. The van der Waals surface area contributed by atoms with Gasteiger partial charge in [0, 0.05) is 10.9 Å². The number of rotatable bonds is 3. The maximum absolute atomic E-state index is 12.1. The molecule has 0 spiro atoms. The first-order chi connectivity index (χ1) is 11.0. The van der Waals surface area contributed by atoms with Gasteiger partial charge in [0.15, 0.2) is 0 Å². The third kappa shape index (κ3) is 3.46. The first-order valence-corrected chi connectivity index (χ1v) is 8.22. The van der Waals surface area contributed by atoms with Crippen molar-refractivity contribution in [1.29, 1.82) is 0 Å². The normalized spacial score (nSPS) is 11.2. The van der Waals surface area contributed by atoms with Gasteiger partial charge in [-0.3, -0.25) is 4.79 Å². The summed E-state index contributed by atoms with van der Waals surface area (Å²) in [6, 6.07) is 12.8. The number of halogens is 2. The van der Waals surface area contributed by atoms with Crippen molar-refractivity contribution in [3.63, 3.8) is 0 Å². The monoisotopic (exact) mass is 435 g/mol. The van der Waals surface area contributed by atoms with Gasteiger partial charge < -0.3 is 10.1 Å². The Morgan fingerprint density at radius 1 is 1.17 bits per heavy atom. The van der Waals surface area contributed by atoms with Crippen LogP contribution in [0.2, 0.25) is 0 Å². The van der Waals surface area contributed by atoms with Gasteiger partial charge in [-0.25, -0.2) is 5.43 Å². The minimum absolute atomic E-state index is 0.115. The number of nitrogens with one attached hydrogen (secondary N) is 2. The summed E-state index contributed by atoms with van der Waals surface area (Å²) in [5.41, 5.74) is 4.53. The maximum Gasteiger partial charge on any atom is 0.287 e. The number of phenolic OH excluding ortho intramolecular Hbond substituents is 1. The van der Waals surface area contributed by atoms with Crippen LogP contribution in [0.15, 0.2) is 56.5 Å². The number of hydrazone groups is 1. The van der Waals surface area contributed by atoms with Crippen molar-refractivity contribution in [3.05, 3.63) is 62.7 Å². The molecule has 3 rings (SSSR count). The highest BCUT2D eigenvalue weighted by Gasteiger charge is 2.08. The Hall–Kier alpha value is -2.12. The van der Waals surface area contributed by atoms with Crippen LogP contribution in [-0.4, -0.2) is 22.2 Å². The van der Waals surface area contributed by atoms with Gasteiger partial charge in [-0.15, -0.1) is 0 Å². The molecule has 0 radical (unpaired) electrons. The highest BCUT2D eigenvalue weighted by Crippen LogP contribution is 2.32. The van der Waals surface area contributed by atoms with Crippen molar-refractivity contribution in [1.82, 2.24) is 10.4 Å².